The average molecular weight is 756 g/mol. The summed E-state index contributed by atoms with van der Waals surface area (Å²) in [6, 6.07) is 28.6. The fourth-order valence-electron chi connectivity index (χ4n) is 6.14. The number of hydrogen-bond acceptors (Lipinski definition) is 9. The van der Waals surface area contributed by atoms with E-state index in [0.717, 1.165) is 49.7 Å². The first-order chi connectivity index (χ1) is 26.2. The van der Waals surface area contributed by atoms with E-state index in [-0.39, 0.29) is 24.1 Å². The minimum Gasteiger partial charge on any atom is -0.495 e. The number of H-pyrrole nitrogens is 1. The zero-order valence-electron chi connectivity index (χ0n) is 30.0. The number of likely N-dealkylation sites (N-methyl/N-ethyl adjacent to an activating group) is 1. The minimum atomic E-state index is -0.885. The predicted octanol–water partition coefficient (Wildman–Crippen LogP) is 8.75. The van der Waals surface area contributed by atoms with Crippen molar-refractivity contribution in [3.63, 3.8) is 0 Å². The summed E-state index contributed by atoms with van der Waals surface area (Å²) in [6.07, 6.45) is 1.97. The number of carbonyl (C=O) groups excluding carboxylic acids is 3. The molecule has 7 aromatic rings. The number of methoxy groups -OCH3 is 1. The zero-order chi connectivity index (χ0) is 37.8. The first-order valence-corrected chi connectivity index (χ1v) is 18.8. The van der Waals surface area contributed by atoms with Gasteiger partial charge in [-0.1, -0.05) is 65.9 Å². The number of nitrogens with zero attached hydrogens (tertiary/aromatic N) is 3. The summed E-state index contributed by atoms with van der Waals surface area (Å²) in [5, 5.41) is 13.2. The fraction of sp³-hybridized carbons (Fsp3) is 0.146. The van der Waals surface area contributed by atoms with E-state index in [1.165, 1.54) is 27.6 Å². The number of ether oxygens (including phenoxy) is 1. The molecule has 0 bridgehead atoms. The lowest BCUT2D eigenvalue weighted by atomic mass is 10.0. The molecule has 0 aliphatic heterocycles. The van der Waals surface area contributed by atoms with Crippen LogP contribution in [0.25, 0.3) is 21.5 Å². The molecule has 4 N–H and O–H groups in total. The molecule has 1 unspecified atom stereocenters. The number of amides is 3. The molecular formula is C41H37N7O4S2. The van der Waals surface area contributed by atoms with Crippen LogP contribution in [-0.4, -0.2) is 51.7 Å². The number of aromatic amines is 1. The second-order valence-corrected chi connectivity index (χ2v) is 14.5. The highest BCUT2D eigenvalue weighted by Crippen LogP contribution is 2.37. The Morgan fingerprint density at radius 3 is 2.43 bits per heavy atom. The molecule has 3 aromatic heterocycles. The molecule has 3 heterocycles. The highest BCUT2D eigenvalue weighted by atomic mass is 32.1. The van der Waals surface area contributed by atoms with Gasteiger partial charge in [0, 0.05) is 40.8 Å². The second-order valence-electron chi connectivity index (χ2n) is 12.7. The topological polar surface area (TPSA) is 141 Å². The van der Waals surface area contributed by atoms with Crippen LogP contribution in [-0.2, 0) is 16.0 Å². The average Bonchev–Trinajstić information content (AvgIpc) is 3.91. The van der Waals surface area contributed by atoms with Crippen molar-refractivity contribution >= 4 is 72.9 Å². The molecule has 0 saturated carbocycles. The van der Waals surface area contributed by atoms with Crippen molar-refractivity contribution in [3.05, 3.63) is 137 Å². The van der Waals surface area contributed by atoms with Crippen LogP contribution in [0.3, 0.4) is 0 Å². The van der Waals surface area contributed by atoms with Gasteiger partial charge >= 0.3 is 0 Å². The molecule has 11 nitrogen and oxygen atoms in total. The Morgan fingerprint density at radius 2 is 1.65 bits per heavy atom. The molecule has 0 radical (unpaired) electrons. The van der Waals surface area contributed by atoms with E-state index in [2.05, 4.69) is 25.9 Å². The van der Waals surface area contributed by atoms with Gasteiger partial charge in [-0.05, 0) is 73.0 Å². The summed E-state index contributed by atoms with van der Waals surface area (Å²) >= 11 is 2.81. The lowest BCUT2D eigenvalue weighted by Crippen LogP contribution is -2.39. The minimum absolute atomic E-state index is 0.132. The van der Waals surface area contributed by atoms with Gasteiger partial charge in [0.05, 0.1) is 35.5 Å². The number of para-hydroxylation sites is 1. The number of aromatic nitrogens is 3. The summed E-state index contributed by atoms with van der Waals surface area (Å²) in [5.41, 5.74) is 6.78. The van der Waals surface area contributed by atoms with Crippen molar-refractivity contribution in [2.24, 2.45) is 0 Å². The van der Waals surface area contributed by atoms with Crippen LogP contribution in [0.2, 0.25) is 0 Å². The number of rotatable bonds is 12. The highest BCUT2D eigenvalue weighted by molar-refractivity contribution is 7.20. The molecule has 0 aliphatic rings. The van der Waals surface area contributed by atoms with Gasteiger partial charge in [0.1, 0.15) is 11.8 Å². The van der Waals surface area contributed by atoms with E-state index < -0.39 is 6.04 Å². The molecule has 0 spiro atoms. The number of thiazole rings is 2. The van der Waals surface area contributed by atoms with Crippen LogP contribution in [0.5, 0.6) is 5.75 Å². The van der Waals surface area contributed by atoms with E-state index in [1.54, 1.807) is 38.4 Å². The van der Waals surface area contributed by atoms with Crippen LogP contribution in [0.15, 0.2) is 109 Å². The quantitative estimate of drug-likeness (QED) is 0.0978. The number of hydrogen-bond donors (Lipinski definition) is 4. The lowest BCUT2D eigenvalue weighted by Gasteiger charge is -2.28. The maximum atomic E-state index is 13.8. The van der Waals surface area contributed by atoms with Gasteiger partial charge in [-0.3, -0.25) is 19.7 Å². The third-order valence-corrected chi connectivity index (χ3v) is 10.8. The summed E-state index contributed by atoms with van der Waals surface area (Å²) < 4.78 is 5.48. The third-order valence-electron chi connectivity index (χ3n) is 8.93. The normalized spacial score (nSPS) is 11.6. The molecule has 0 saturated heterocycles. The number of anilines is 4. The predicted molar refractivity (Wildman–Crippen MR) is 216 cm³/mol. The van der Waals surface area contributed by atoms with Crippen molar-refractivity contribution in [3.8, 4) is 16.3 Å². The summed E-state index contributed by atoms with van der Waals surface area (Å²) in [7, 11) is 3.27. The van der Waals surface area contributed by atoms with Crippen LogP contribution in [0, 0.1) is 13.8 Å². The summed E-state index contributed by atoms with van der Waals surface area (Å²) in [6.45, 7) is 3.89. The first-order valence-electron chi connectivity index (χ1n) is 17.1. The smallest absolute Gasteiger partial charge is 0.257 e. The SMILES string of the molecule is COc1ccc(C)cc1Nc1nc(-c2sc(NC(=O)c3ccc(NC(=O)C(c4ccccc4)N(C)C(=O)Cc4c[nH]c5ccccc45)cc3)nc2C)cs1. The van der Waals surface area contributed by atoms with Crippen molar-refractivity contribution in [2.75, 3.05) is 30.1 Å². The summed E-state index contributed by atoms with van der Waals surface area (Å²) in [5.74, 6) is -0.200. The first kappa shape index (κ1) is 36.1. The van der Waals surface area contributed by atoms with Crippen LogP contribution >= 0.6 is 22.7 Å². The van der Waals surface area contributed by atoms with Gasteiger partial charge < -0.3 is 25.3 Å². The Balaban J connectivity index is 1.00. The Bertz CT molecular complexity index is 2450. The molecular weight excluding hydrogens is 719 g/mol. The molecule has 0 aliphatic carbocycles. The molecule has 13 heteroatoms. The van der Waals surface area contributed by atoms with Crippen molar-refractivity contribution in [1.29, 1.82) is 0 Å². The third kappa shape index (κ3) is 7.87. The number of benzene rings is 4. The van der Waals surface area contributed by atoms with Crippen LogP contribution in [0.1, 0.15) is 38.8 Å². The van der Waals surface area contributed by atoms with Crippen molar-refractivity contribution in [2.45, 2.75) is 26.3 Å². The standard InChI is InChI=1S/C41H37N7O4S2/c1-24-14-19-34(52-4)32(20-24)45-40-46-33(23-53-40)37-25(2)43-41(54-37)47-38(50)27-15-17-29(18-16-27)44-39(51)36(26-10-6-5-7-11-26)48(3)35(49)21-28-22-42-31-13-9-8-12-30(28)31/h5-20,22-23,36,42H,21H2,1-4H3,(H,44,51)(H,45,46)(H,43,47,50). The molecule has 1 atom stereocenters. The Labute approximate surface area is 320 Å². The molecule has 7 rings (SSSR count). The zero-order valence-corrected chi connectivity index (χ0v) is 31.6. The van der Waals surface area contributed by atoms with Gasteiger partial charge in [0.15, 0.2) is 10.3 Å². The largest absolute Gasteiger partial charge is 0.495 e. The van der Waals surface area contributed by atoms with E-state index >= 15 is 0 Å². The molecule has 0 fully saturated rings. The molecule has 3 amide bonds. The number of nitrogens with one attached hydrogen (secondary N) is 4. The van der Waals surface area contributed by atoms with E-state index in [1.807, 2.05) is 98.2 Å². The highest BCUT2D eigenvalue weighted by Gasteiger charge is 2.29. The fourth-order valence-corrected chi connectivity index (χ4v) is 7.85. The van der Waals surface area contributed by atoms with Gasteiger partial charge in [-0.25, -0.2) is 9.97 Å². The summed E-state index contributed by atoms with van der Waals surface area (Å²) in [4.78, 5) is 55.5. The Kier molecular flexibility index (Phi) is 10.5. The number of aryl methyl sites for hydroxylation is 2. The van der Waals surface area contributed by atoms with Crippen molar-refractivity contribution in [1.82, 2.24) is 19.9 Å². The molecule has 4 aromatic carbocycles. The van der Waals surface area contributed by atoms with Crippen LogP contribution < -0.4 is 20.7 Å². The van der Waals surface area contributed by atoms with Gasteiger partial charge in [0.25, 0.3) is 11.8 Å². The van der Waals surface area contributed by atoms with Gasteiger partial charge in [-0.15, -0.1) is 11.3 Å². The monoisotopic (exact) mass is 755 g/mol. The lowest BCUT2D eigenvalue weighted by molar-refractivity contribution is -0.136. The number of fused-ring (bicyclic) bond motifs is 1. The van der Waals surface area contributed by atoms with E-state index in [4.69, 9.17) is 9.72 Å². The number of carbonyl (C=O) groups is 3. The van der Waals surface area contributed by atoms with E-state index in [9.17, 15) is 14.4 Å². The maximum absolute atomic E-state index is 13.8. The molecule has 54 heavy (non-hydrogen) atoms. The molecule has 272 valence electrons. The van der Waals surface area contributed by atoms with Gasteiger partial charge in [0.2, 0.25) is 5.91 Å². The van der Waals surface area contributed by atoms with Crippen molar-refractivity contribution < 1.29 is 19.1 Å². The second kappa shape index (κ2) is 15.7. The van der Waals surface area contributed by atoms with E-state index in [0.29, 0.717) is 27.1 Å². The van der Waals surface area contributed by atoms with Crippen LogP contribution in [0.4, 0.5) is 21.6 Å². The van der Waals surface area contributed by atoms with Gasteiger partial charge in [-0.2, -0.15) is 0 Å². The Hall–Kier alpha value is -6.31. The Morgan fingerprint density at radius 1 is 0.889 bits per heavy atom. The maximum Gasteiger partial charge on any atom is 0.257 e.